The lowest BCUT2D eigenvalue weighted by atomic mass is 10.0. The van der Waals surface area contributed by atoms with Gasteiger partial charge in [-0.3, -0.25) is 5.41 Å². The summed E-state index contributed by atoms with van der Waals surface area (Å²) in [5.74, 6) is 0.00793. The third-order valence-electron chi connectivity index (χ3n) is 2.55. The summed E-state index contributed by atoms with van der Waals surface area (Å²) in [4.78, 5) is 0. The van der Waals surface area contributed by atoms with Crippen LogP contribution in [0.1, 0.15) is 18.2 Å². The Balaban J connectivity index is 2.46. The van der Waals surface area contributed by atoms with Crippen molar-refractivity contribution < 1.29 is 9.15 Å². The molecule has 0 amide bonds. The average Bonchev–Trinajstić information content (AvgIpc) is 2.83. The second-order valence-electron chi connectivity index (χ2n) is 3.73. The molecule has 0 bridgehead atoms. The van der Waals surface area contributed by atoms with Crippen LogP contribution in [0.4, 0.5) is 0 Å². The van der Waals surface area contributed by atoms with Crippen molar-refractivity contribution in [3.05, 3.63) is 46.9 Å². The lowest BCUT2D eigenvalue weighted by Gasteiger charge is -2.02. The van der Waals surface area contributed by atoms with Gasteiger partial charge in [-0.15, -0.1) is 0 Å². The van der Waals surface area contributed by atoms with Gasteiger partial charge in [0.1, 0.15) is 17.9 Å². The van der Waals surface area contributed by atoms with E-state index in [-0.39, 0.29) is 11.7 Å². The number of halogens is 1. The molecule has 2 rings (SSSR count). The summed E-state index contributed by atoms with van der Waals surface area (Å²) >= 11 is 5.83. The maximum Gasteiger partial charge on any atom is 0.251 e. The second kappa shape index (κ2) is 5.59. The predicted molar refractivity (Wildman–Crippen MR) is 72.3 cm³/mol. The van der Waals surface area contributed by atoms with Crippen LogP contribution in [0.5, 0.6) is 0 Å². The van der Waals surface area contributed by atoms with Crippen LogP contribution in [0.25, 0.3) is 11.1 Å². The number of ether oxygens (including phenoxy) is 1. The Morgan fingerprint density at radius 1 is 1.42 bits per heavy atom. The summed E-state index contributed by atoms with van der Waals surface area (Å²) in [5.41, 5.74) is 1.72. The molecule has 0 saturated heterocycles. The minimum Gasteiger partial charge on any atom is -0.476 e. The molecule has 96 valence electrons. The molecule has 0 aliphatic rings. The third-order valence-corrected chi connectivity index (χ3v) is 2.80. The summed E-state index contributed by atoms with van der Waals surface area (Å²) in [6.45, 7) is 2.12. The van der Waals surface area contributed by atoms with Gasteiger partial charge in [0.25, 0.3) is 5.90 Å². The van der Waals surface area contributed by atoms with Gasteiger partial charge in [-0.05, 0) is 24.6 Å². The van der Waals surface area contributed by atoms with Gasteiger partial charge in [-0.1, -0.05) is 23.7 Å². The van der Waals surface area contributed by atoms with Crippen LogP contribution in [-0.2, 0) is 4.74 Å². The van der Waals surface area contributed by atoms with Crippen molar-refractivity contribution in [2.75, 3.05) is 6.61 Å². The molecule has 5 heteroatoms. The van der Waals surface area contributed by atoms with E-state index in [1.165, 1.54) is 6.26 Å². The van der Waals surface area contributed by atoms with E-state index in [9.17, 15) is 5.26 Å². The molecule has 0 aliphatic carbocycles. The van der Waals surface area contributed by atoms with E-state index >= 15 is 0 Å². The molecule has 19 heavy (non-hydrogen) atoms. The SMILES string of the molecule is CCOC(=N)c1occ(-c2ccc(Cl)cc2)c1C#N. The van der Waals surface area contributed by atoms with Crippen LogP contribution in [0.15, 0.2) is 34.9 Å². The van der Waals surface area contributed by atoms with Crippen molar-refractivity contribution in [3.63, 3.8) is 0 Å². The molecule has 0 spiro atoms. The van der Waals surface area contributed by atoms with Crippen molar-refractivity contribution in [2.45, 2.75) is 6.92 Å². The van der Waals surface area contributed by atoms with Crippen molar-refractivity contribution in [2.24, 2.45) is 0 Å². The van der Waals surface area contributed by atoms with E-state index in [1.54, 1.807) is 31.2 Å². The Morgan fingerprint density at radius 2 is 2.11 bits per heavy atom. The summed E-state index contributed by atoms with van der Waals surface area (Å²) in [6, 6.07) is 9.11. The number of hydrogen-bond donors (Lipinski definition) is 1. The summed E-state index contributed by atoms with van der Waals surface area (Å²) in [6.07, 6.45) is 1.45. The first-order valence-electron chi connectivity index (χ1n) is 5.66. The Labute approximate surface area is 115 Å². The summed E-state index contributed by atoms with van der Waals surface area (Å²) in [5, 5.41) is 17.5. The van der Waals surface area contributed by atoms with E-state index in [0.29, 0.717) is 22.8 Å². The van der Waals surface area contributed by atoms with Crippen LogP contribution in [-0.4, -0.2) is 12.5 Å². The van der Waals surface area contributed by atoms with Gasteiger partial charge < -0.3 is 9.15 Å². The molecule has 0 atom stereocenters. The number of furan rings is 1. The first-order valence-corrected chi connectivity index (χ1v) is 6.04. The quantitative estimate of drug-likeness (QED) is 0.683. The summed E-state index contributed by atoms with van der Waals surface area (Å²) < 4.78 is 10.3. The molecule has 1 aromatic carbocycles. The van der Waals surface area contributed by atoms with Crippen LogP contribution in [0, 0.1) is 16.7 Å². The van der Waals surface area contributed by atoms with Gasteiger partial charge in [0.05, 0.1) is 6.61 Å². The van der Waals surface area contributed by atoms with Crippen molar-refractivity contribution >= 4 is 17.5 Å². The molecule has 0 fully saturated rings. The first kappa shape index (κ1) is 13.2. The largest absolute Gasteiger partial charge is 0.476 e. The zero-order valence-corrected chi connectivity index (χ0v) is 11.0. The maximum atomic E-state index is 9.23. The molecule has 4 nitrogen and oxygen atoms in total. The van der Waals surface area contributed by atoms with Gasteiger partial charge in [0.15, 0.2) is 0 Å². The van der Waals surface area contributed by atoms with Crippen molar-refractivity contribution in [1.82, 2.24) is 0 Å². The molecule has 1 N–H and O–H groups in total. The average molecular weight is 275 g/mol. The van der Waals surface area contributed by atoms with Gasteiger partial charge in [0.2, 0.25) is 5.76 Å². The number of hydrogen-bond acceptors (Lipinski definition) is 4. The standard InChI is InChI=1S/C14H11ClN2O2/c1-2-18-14(17)13-11(7-16)12(8-19-13)9-3-5-10(15)6-4-9/h3-6,8,17H,2H2,1H3. The van der Waals surface area contributed by atoms with E-state index in [1.807, 2.05) is 6.07 Å². The molecule has 0 aliphatic heterocycles. The number of benzene rings is 1. The van der Waals surface area contributed by atoms with Gasteiger partial charge in [-0.2, -0.15) is 5.26 Å². The fourth-order valence-corrected chi connectivity index (χ4v) is 1.81. The Bertz CT molecular complexity index is 638. The topological polar surface area (TPSA) is 70.0 Å². The van der Waals surface area contributed by atoms with Crippen LogP contribution < -0.4 is 0 Å². The molecule has 2 aromatic rings. The molecule has 0 unspecified atom stereocenters. The van der Waals surface area contributed by atoms with E-state index in [2.05, 4.69) is 0 Å². The number of rotatable bonds is 3. The fourth-order valence-electron chi connectivity index (χ4n) is 1.69. The first-order chi connectivity index (χ1) is 9.17. The minimum atomic E-state index is -0.140. The molecule has 0 radical (unpaired) electrons. The lowest BCUT2D eigenvalue weighted by Crippen LogP contribution is -2.05. The highest BCUT2D eigenvalue weighted by Gasteiger charge is 2.19. The number of nitriles is 1. The predicted octanol–water partition coefficient (Wildman–Crippen LogP) is 3.83. The lowest BCUT2D eigenvalue weighted by molar-refractivity contribution is 0.316. The smallest absolute Gasteiger partial charge is 0.251 e. The number of nitrogens with one attached hydrogen (secondary N) is 1. The molecule has 1 heterocycles. The highest BCUT2D eigenvalue weighted by molar-refractivity contribution is 6.30. The van der Waals surface area contributed by atoms with E-state index in [4.69, 9.17) is 26.2 Å². The Morgan fingerprint density at radius 3 is 2.68 bits per heavy atom. The van der Waals surface area contributed by atoms with Crippen LogP contribution >= 0.6 is 11.6 Å². The monoisotopic (exact) mass is 274 g/mol. The van der Waals surface area contributed by atoms with Crippen LogP contribution in [0.2, 0.25) is 5.02 Å². The second-order valence-corrected chi connectivity index (χ2v) is 4.17. The molecular formula is C14H11ClN2O2. The maximum absolute atomic E-state index is 9.23. The van der Waals surface area contributed by atoms with Gasteiger partial charge in [0, 0.05) is 10.6 Å². The van der Waals surface area contributed by atoms with Crippen molar-refractivity contribution in [1.29, 1.82) is 10.7 Å². The Kier molecular flexibility index (Phi) is 3.88. The van der Waals surface area contributed by atoms with Gasteiger partial charge >= 0.3 is 0 Å². The van der Waals surface area contributed by atoms with Crippen molar-refractivity contribution in [3.8, 4) is 17.2 Å². The zero-order valence-electron chi connectivity index (χ0n) is 10.2. The molecule has 1 aromatic heterocycles. The minimum absolute atomic E-state index is 0.140. The number of nitrogens with zero attached hydrogens (tertiary/aromatic N) is 1. The van der Waals surface area contributed by atoms with E-state index < -0.39 is 0 Å². The summed E-state index contributed by atoms with van der Waals surface area (Å²) in [7, 11) is 0. The van der Waals surface area contributed by atoms with Gasteiger partial charge in [-0.25, -0.2) is 0 Å². The highest BCUT2D eigenvalue weighted by atomic mass is 35.5. The zero-order chi connectivity index (χ0) is 13.8. The normalized spacial score (nSPS) is 9.95. The molecule has 0 saturated carbocycles. The third kappa shape index (κ3) is 2.61. The highest BCUT2D eigenvalue weighted by Crippen LogP contribution is 2.29. The Hall–Kier alpha value is -2.25. The molecular weight excluding hydrogens is 264 g/mol. The van der Waals surface area contributed by atoms with Crippen LogP contribution in [0.3, 0.4) is 0 Å². The fraction of sp³-hybridized carbons (Fsp3) is 0.143. The van der Waals surface area contributed by atoms with E-state index in [0.717, 1.165) is 5.56 Å².